The number of aryl methyl sites for hydroxylation is 2. The molecule has 10 rings (SSSR count). The first-order chi connectivity index (χ1) is 28.6. The molecular formula is C55H53IrN4-. The number of nitrogens with zero attached hydrogens (tertiary/aromatic N) is 4. The zero-order valence-electron chi connectivity index (χ0n) is 35.5. The van der Waals surface area contributed by atoms with Crippen LogP contribution in [-0.2, 0) is 43.8 Å². The summed E-state index contributed by atoms with van der Waals surface area (Å²) in [5.41, 5.74) is 17.2. The van der Waals surface area contributed by atoms with Crippen LogP contribution in [0.4, 0.5) is 0 Å². The van der Waals surface area contributed by atoms with Gasteiger partial charge in [-0.05, 0) is 106 Å². The maximum atomic E-state index is 5.11. The average Bonchev–Trinajstić information content (AvgIpc) is 3.49. The van der Waals surface area contributed by atoms with E-state index in [1.54, 1.807) is 5.56 Å². The van der Waals surface area contributed by atoms with Crippen molar-refractivity contribution in [1.29, 1.82) is 0 Å². The standard InChI is InChI=1S/C55H53N4.Ir/c1-54(2,3)53-58-51(42-22-14-20-37(30-42)36-19-13-21-40(29-36)45-24-12-11-23-44(45)35-15-7-6-8-16-35)57-52(59-53)43-26-28-50(56-34-43)41-25-27-46-47-31-38-17-9-10-18-39(38)32-49(47)55(4,5)48(46)33-41;/h6-8,13-16,19-22,26-34,44-45H,9-12,17-18,23-24H2,1-5H3;/q-1;. The predicted octanol–water partition coefficient (Wildman–Crippen LogP) is 13.7. The van der Waals surface area contributed by atoms with Gasteiger partial charge in [-0.1, -0.05) is 156 Å². The SMILES string of the molecule is CC(C)(C)c1nc(-c2ccc(-c3[c-]cc4c(c3)C(C)(C)c3cc5c(cc3-4)CCCC5)nc2)nc(-c2cccc(-c3cccc(C4CCCCC4c4ccccc4)c3)c2)n1.[Ir]. The summed E-state index contributed by atoms with van der Waals surface area (Å²) in [6.07, 6.45) is 11.9. The van der Waals surface area contributed by atoms with Crippen LogP contribution in [0.2, 0.25) is 0 Å². The van der Waals surface area contributed by atoms with E-state index in [9.17, 15) is 0 Å². The Balaban J connectivity index is 0.00000462. The van der Waals surface area contributed by atoms with Crippen LogP contribution < -0.4 is 0 Å². The molecule has 1 saturated carbocycles. The molecule has 60 heavy (non-hydrogen) atoms. The molecule has 0 bridgehead atoms. The Morgan fingerprint density at radius 1 is 0.583 bits per heavy atom. The van der Waals surface area contributed by atoms with Crippen LogP contribution in [-0.4, -0.2) is 19.9 Å². The molecule has 2 unspecified atom stereocenters. The summed E-state index contributed by atoms with van der Waals surface area (Å²) < 4.78 is 0. The largest absolute Gasteiger partial charge is 0.304 e. The Hall–Kier alpha value is -5.09. The van der Waals surface area contributed by atoms with Crippen LogP contribution in [0.5, 0.6) is 0 Å². The zero-order chi connectivity index (χ0) is 40.3. The summed E-state index contributed by atoms with van der Waals surface area (Å²) in [5.74, 6) is 3.14. The molecule has 0 aliphatic heterocycles. The van der Waals surface area contributed by atoms with Crippen molar-refractivity contribution in [1.82, 2.24) is 19.9 Å². The minimum absolute atomic E-state index is 0. The molecule has 2 aromatic heterocycles. The van der Waals surface area contributed by atoms with Crippen molar-refractivity contribution >= 4 is 0 Å². The van der Waals surface area contributed by atoms with Gasteiger partial charge in [0.15, 0.2) is 11.6 Å². The van der Waals surface area contributed by atoms with Crippen molar-refractivity contribution in [2.75, 3.05) is 0 Å². The second kappa shape index (κ2) is 16.1. The Bertz CT molecular complexity index is 2690. The number of hydrogen-bond donors (Lipinski definition) is 0. The Kier molecular flexibility index (Phi) is 10.8. The summed E-state index contributed by atoms with van der Waals surface area (Å²) in [6.45, 7) is 11.2. The Labute approximate surface area is 369 Å². The quantitative estimate of drug-likeness (QED) is 0.156. The van der Waals surface area contributed by atoms with Crippen LogP contribution in [0.3, 0.4) is 0 Å². The smallest absolute Gasteiger partial charge is 0.165 e. The van der Waals surface area contributed by atoms with Crippen LogP contribution in [0.25, 0.3) is 56.3 Å². The first-order valence-electron chi connectivity index (χ1n) is 21.8. The molecule has 4 nitrogen and oxygen atoms in total. The van der Waals surface area contributed by atoms with E-state index in [-0.39, 0.29) is 30.9 Å². The minimum Gasteiger partial charge on any atom is -0.304 e. The van der Waals surface area contributed by atoms with Gasteiger partial charge in [0, 0.05) is 42.8 Å². The third-order valence-electron chi connectivity index (χ3n) is 13.4. The molecule has 303 valence electrons. The van der Waals surface area contributed by atoms with Crippen molar-refractivity contribution in [2.45, 2.75) is 109 Å². The third kappa shape index (κ3) is 7.50. The number of aromatic nitrogens is 4. The van der Waals surface area contributed by atoms with Gasteiger partial charge in [0.1, 0.15) is 5.82 Å². The van der Waals surface area contributed by atoms with Crippen LogP contribution in [0, 0.1) is 6.07 Å². The van der Waals surface area contributed by atoms with Crippen LogP contribution in [0.15, 0.2) is 121 Å². The fraction of sp³-hybridized carbons (Fsp3) is 0.309. The zero-order valence-corrected chi connectivity index (χ0v) is 37.9. The summed E-state index contributed by atoms with van der Waals surface area (Å²) in [6, 6.07) is 46.3. The molecular weight excluding hydrogens is 909 g/mol. The fourth-order valence-electron chi connectivity index (χ4n) is 10.1. The van der Waals surface area contributed by atoms with Gasteiger partial charge in [-0.25, -0.2) is 15.0 Å². The van der Waals surface area contributed by atoms with E-state index >= 15 is 0 Å². The van der Waals surface area contributed by atoms with Gasteiger partial charge >= 0.3 is 0 Å². The topological polar surface area (TPSA) is 51.6 Å². The monoisotopic (exact) mass is 962 g/mol. The number of hydrogen-bond acceptors (Lipinski definition) is 4. The molecule has 5 aromatic carbocycles. The van der Waals surface area contributed by atoms with Crippen LogP contribution >= 0.6 is 0 Å². The summed E-state index contributed by atoms with van der Waals surface area (Å²) in [4.78, 5) is 20.2. The van der Waals surface area contributed by atoms with Gasteiger partial charge in [0.2, 0.25) is 0 Å². The van der Waals surface area contributed by atoms with Crippen molar-refractivity contribution in [3.63, 3.8) is 0 Å². The summed E-state index contributed by atoms with van der Waals surface area (Å²) in [7, 11) is 0. The van der Waals surface area contributed by atoms with E-state index in [1.807, 2.05) is 6.20 Å². The molecule has 7 aromatic rings. The molecule has 1 radical (unpaired) electrons. The van der Waals surface area contributed by atoms with Gasteiger partial charge in [-0.15, -0.1) is 29.3 Å². The Morgan fingerprint density at radius 2 is 1.22 bits per heavy atom. The number of rotatable bonds is 6. The first-order valence-corrected chi connectivity index (χ1v) is 21.8. The Morgan fingerprint density at radius 3 is 1.93 bits per heavy atom. The van der Waals surface area contributed by atoms with Crippen molar-refractivity contribution in [3.8, 4) is 56.3 Å². The molecule has 2 heterocycles. The van der Waals surface area contributed by atoms with Gasteiger partial charge in [-0.3, -0.25) is 0 Å². The molecule has 0 saturated heterocycles. The maximum Gasteiger partial charge on any atom is 0.165 e. The summed E-state index contributed by atoms with van der Waals surface area (Å²) in [5, 5.41) is 0. The first kappa shape index (κ1) is 40.3. The molecule has 2 atom stereocenters. The van der Waals surface area contributed by atoms with E-state index in [2.05, 4.69) is 156 Å². The molecule has 0 amide bonds. The second-order valence-corrected chi connectivity index (χ2v) is 18.8. The van der Waals surface area contributed by atoms with Crippen molar-refractivity contribution in [2.24, 2.45) is 0 Å². The maximum absolute atomic E-state index is 5.11. The third-order valence-corrected chi connectivity index (χ3v) is 13.4. The van der Waals surface area contributed by atoms with E-state index in [0.29, 0.717) is 23.5 Å². The van der Waals surface area contributed by atoms with Gasteiger partial charge in [-0.2, -0.15) is 0 Å². The summed E-state index contributed by atoms with van der Waals surface area (Å²) >= 11 is 0. The average molecular weight is 962 g/mol. The second-order valence-electron chi connectivity index (χ2n) is 18.8. The number of pyridine rings is 1. The van der Waals surface area contributed by atoms with E-state index in [0.717, 1.165) is 33.8 Å². The molecule has 0 spiro atoms. The molecule has 3 aliphatic carbocycles. The normalized spacial score (nSPS) is 17.9. The van der Waals surface area contributed by atoms with Crippen molar-refractivity contribution < 1.29 is 20.1 Å². The van der Waals surface area contributed by atoms with E-state index < -0.39 is 0 Å². The number of benzene rings is 5. The predicted molar refractivity (Wildman–Crippen MR) is 241 cm³/mol. The minimum atomic E-state index is -0.274. The molecule has 5 heteroatoms. The fourth-order valence-corrected chi connectivity index (χ4v) is 10.1. The van der Waals surface area contributed by atoms with Gasteiger partial charge in [0.25, 0.3) is 0 Å². The van der Waals surface area contributed by atoms with E-state index in [1.165, 1.54) is 95.9 Å². The molecule has 3 aliphatic rings. The van der Waals surface area contributed by atoms with E-state index in [4.69, 9.17) is 19.9 Å². The van der Waals surface area contributed by atoms with Crippen molar-refractivity contribution in [3.05, 3.63) is 167 Å². The molecule has 1 fully saturated rings. The van der Waals surface area contributed by atoms with Gasteiger partial charge in [0.05, 0.1) is 0 Å². The van der Waals surface area contributed by atoms with Crippen LogP contribution in [0.1, 0.15) is 124 Å². The number of fused-ring (bicyclic) bond motifs is 4. The van der Waals surface area contributed by atoms with Gasteiger partial charge < -0.3 is 4.98 Å². The molecule has 0 N–H and O–H groups in total.